The van der Waals surface area contributed by atoms with E-state index >= 15 is 0 Å². The maximum Gasteiger partial charge on any atom is 0.246 e. The van der Waals surface area contributed by atoms with Gasteiger partial charge in [-0.1, -0.05) is 20.8 Å². The summed E-state index contributed by atoms with van der Waals surface area (Å²) in [5.41, 5.74) is 0.412. The smallest absolute Gasteiger partial charge is 0.246 e. The molecule has 1 aliphatic carbocycles. The van der Waals surface area contributed by atoms with E-state index in [0.29, 0.717) is 17.8 Å². The van der Waals surface area contributed by atoms with Crippen molar-refractivity contribution in [3.8, 4) is 0 Å². The summed E-state index contributed by atoms with van der Waals surface area (Å²) in [6.07, 6.45) is 5.37. The van der Waals surface area contributed by atoms with Gasteiger partial charge in [0, 0.05) is 7.05 Å². The first kappa shape index (κ1) is 15.5. The number of hydrogen-bond donors (Lipinski definition) is 1. The first-order valence-electron chi connectivity index (χ1n) is 7.83. The Kier molecular flexibility index (Phi) is 4.52. The number of likely N-dealkylation sites (tertiary alicyclic amines) is 1. The third-order valence-electron chi connectivity index (χ3n) is 5.11. The number of hydrogen-bond acceptors (Lipinski definition) is 3. The standard InChI is InChI=1S/C16H28N2O2/c1-16(2,3)12-7-5-11(6-8-12)10-17-13-9-14(19)18(4)15(13)20/h11-13,17H,5-10H2,1-4H3. The number of likely N-dealkylation sites (N-methyl/N-ethyl adjacent to an activating group) is 1. The van der Waals surface area contributed by atoms with Gasteiger partial charge in [0.05, 0.1) is 12.5 Å². The van der Waals surface area contributed by atoms with Crippen molar-refractivity contribution in [2.45, 2.75) is 58.9 Å². The average molecular weight is 280 g/mol. The summed E-state index contributed by atoms with van der Waals surface area (Å²) in [7, 11) is 1.57. The maximum absolute atomic E-state index is 11.8. The molecule has 0 aromatic heterocycles. The zero-order chi connectivity index (χ0) is 14.9. The molecule has 20 heavy (non-hydrogen) atoms. The van der Waals surface area contributed by atoms with Gasteiger partial charge in [-0.3, -0.25) is 14.5 Å². The van der Waals surface area contributed by atoms with E-state index in [4.69, 9.17) is 0 Å². The van der Waals surface area contributed by atoms with Crippen LogP contribution in [0.5, 0.6) is 0 Å². The van der Waals surface area contributed by atoms with Crippen molar-refractivity contribution in [2.75, 3.05) is 13.6 Å². The first-order valence-corrected chi connectivity index (χ1v) is 7.83. The lowest BCUT2D eigenvalue weighted by atomic mass is 9.70. The van der Waals surface area contributed by atoms with Crippen LogP contribution in [0.25, 0.3) is 0 Å². The Morgan fingerprint density at radius 1 is 1.15 bits per heavy atom. The molecule has 2 amide bonds. The number of rotatable bonds is 3. The Morgan fingerprint density at radius 2 is 1.75 bits per heavy atom. The molecular weight excluding hydrogens is 252 g/mol. The predicted octanol–water partition coefficient (Wildman–Crippen LogP) is 2.19. The molecule has 1 atom stereocenters. The normalized spacial score (nSPS) is 32.0. The first-order chi connectivity index (χ1) is 9.29. The SMILES string of the molecule is CN1C(=O)CC(NCC2CCC(C(C)(C)C)CC2)C1=O. The lowest BCUT2D eigenvalue weighted by Gasteiger charge is -2.37. The minimum atomic E-state index is -0.284. The third-order valence-corrected chi connectivity index (χ3v) is 5.11. The Hall–Kier alpha value is -0.900. The largest absolute Gasteiger partial charge is 0.305 e. The van der Waals surface area contributed by atoms with Gasteiger partial charge in [-0.2, -0.15) is 0 Å². The van der Waals surface area contributed by atoms with Crippen molar-refractivity contribution in [1.82, 2.24) is 10.2 Å². The molecule has 2 aliphatic rings. The van der Waals surface area contributed by atoms with Crippen LogP contribution in [-0.2, 0) is 9.59 Å². The third kappa shape index (κ3) is 3.40. The molecule has 4 nitrogen and oxygen atoms in total. The van der Waals surface area contributed by atoms with Gasteiger partial charge in [-0.05, 0) is 49.5 Å². The highest BCUT2D eigenvalue weighted by molar-refractivity contribution is 6.05. The minimum absolute atomic E-state index is 0.0658. The molecule has 1 unspecified atom stereocenters. The van der Waals surface area contributed by atoms with Crippen molar-refractivity contribution < 1.29 is 9.59 Å². The monoisotopic (exact) mass is 280 g/mol. The van der Waals surface area contributed by atoms with Crippen LogP contribution >= 0.6 is 0 Å². The molecule has 1 saturated carbocycles. The molecule has 1 heterocycles. The molecule has 114 valence electrons. The van der Waals surface area contributed by atoms with Gasteiger partial charge >= 0.3 is 0 Å². The van der Waals surface area contributed by atoms with Gasteiger partial charge in [0.1, 0.15) is 0 Å². The Labute approximate surface area is 122 Å². The van der Waals surface area contributed by atoms with E-state index in [1.54, 1.807) is 7.05 Å². The van der Waals surface area contributed by atoms with Gasteiger partial charge in [0.25, 0.3) is 0 Å². The van der Waals surface area contributed by atoms with E-state index in [2.05, 4.69) is 26.1 Å². The van der Waals surface area contributed by atoms with Crippen LogP contribution in [-0.4, -0.2) is 36.3 Å². The summed E-state index contributed by atoms with van der Waals surface area (Å²) < 4.78 is 0. The second kappa shape index (κ2) is 5.84. The number of nitrogens with zero attached hydrogens (tertiary/aromatic N) is 1. The van der Waals surface area contributed by atoms with Crippen LogP contribution in [0.2, 0.25) is 0 Å². The molecular formula is C16H28N2O2. The number of amides is 2. The van der Waals surface area contributed by atoms with Crippen LogP contribution in [0.15, 0.2) is 0 Å². The Bertz CT molecular complexity index is 378. The number of carbonyl (C=O) groups is 2. The molecule has 2 fully saturated rings. The minimum Gasteiger partial charge on any atom is -0.305 e. The van der Waals surface area contributed by atoms with Gasteiger partial charge in [-0.15, -0.1) is 0 Å². The maximum atomic E-state index is 11.8. The molecule has 0 aromatic carbocycles. The second-order valence-electron chi connectivity index (χ2n) is 7.54. The Balaban J connectivity index is 1.74. The van der Waals surface area contributed by atoms with E-state index in [9.17, 15) is 9.59 Å². The van der Waals surface area contributed by atoms with E-state index in [1.807, 2.05) is 0 Å². The van der Waals surface area contributed by atoms with Gasteiger partial charge < -0.3 is 5.32 Å². The predicted molar refractivity (Wildman–Crippen MR) is 79.1 cm³/mol. The lowest BCUT2D eigenvalue weighted by Crippen LogP contribution is -2.40. The lowest BCUT2D eigenvalue weighted by molar-refractivity contribution is -0.137. The highest BCUT2D eigenvalue weighted by atomic mass is 16.2. The Morgan fingerprint density at radius 3 is 2.20 bits per heavy atom. The molecule has 0 spiro atoms. The molecule has 1 N–H and O–H groups in total. The molecule has 1 aliphatic heterocycles. The van der Waals surface area contributed by atoms with E-state index in [0.717, 1.165) is 12.5 Å². The molecule has 2 rings (SSSR count). The highest BCUT2D eigenvalue weighted by Crippen LogP contribution is 2.39. The van der Waals surface area contributed by atoms with Gasteiger partial charge in [-0.25, -0.2) is 0 Å². The van der Waals surface area contributed by atoms with Gasteiger partial charge in [0.15, 0.2) is 0 Å². The number of nitrogens with one attached hydrogen (secondary N) is 1. The number of imide groups is 1. The fourth-order valence-corrected chi connectivity index (χ4v) is 3.46. The van der Waals surface area contributed by atoms with Crippen molar-refractivity contribution in [3.05, 3.63) is 0 Å². The van der Waals surface area contributed by atoms with Crippen molar-refractivity contribution >= 4 is 11.8 Å². The van der Waals surface area contributed by atoms with E-state index < -0.39 is 0 Å². The van der Waals surface area contributed by atoms with Gasteiger partial charge in [0.2, 0.25) is 11.8 Å². The second-order valence-corrected chi connectivity index (χ2v) is 7.54. The summed E-state index contributed by atoms with van der Waals surface area (Å²) in [6.45, 7) is 7.85. The summed E-state index contributed by atoms with van der Waals surface area (Å²) in [5, 5.41) is 3.30. The number of carbonyl (C=O) groups excluding carboxylic acids is 2. The topological polar surface area (TPSA) is 49.4 Å². The average Bonchev–Trinajstić information content (AvgIpc) is 2.63. The van der Waals surface area contributed by atoms with E-state index in [1.165, 1.54) is 30.6 Å². The summed E-state index contributed by atoms with van der Waals surface area (Å²) in [5.74, 6) is 1.34. The van der Waals surface area contributed by atoms with Crippen LogP contribution in [0.3, 0.4) is 0 Å². The van der Waals surface area contributed by atoms with Crippen molar-refractivity contribution in [2.24, 2.45) is 17.3 Å². The molecule has 0 bridgehead atoms. The zero-order valence-corrected chi connectivity index (χ0v) is 13.2. The molecule has 0 radical (unpaired) electrons. The van der Waals surface area contributed by atoms with Crippen LogP contribution in [0, 0.1) is 17.3 Å². The quantitative estimate of drug-likeness (QED) is 0.806. The highest BCUT2D eigenvalue weighted by Gasteiger charge is 2.36. The summed E-state index contributed by atoms with van der Waals surface area (Å²) >= 11 is 0. The summed E-state index contributed by atoms with van der Waals surface area (Å²) in [6, 6.07) is -0.284. The zero-order valence-electron chi connectivity index (χ0n) is 13.2. The molecule has 4 heteroatoms. The fraction of sp³-hybridized carbons (Fsp3) is 0.875. The summed E-state index contributed by atoms with van der Waals surface area (Å²) in [4.78, 5) is 24.5. The van der Waals surface area contributed by atoms with Crippen molar-refractivity contribution in [3.63, 3.8) is 0 Å². The van der Waals surface area contributed by atoms with Crippen LogP contribution in [0.1, 0.15) is 52.9 Å². The molecule has 1 saturated heterocycles. The van der Waals surface area contributed by atoms with Crippen LogP contribution < -0.4 is 5.32 Å². The fourth-order valence-electron chi connectivity index (χ4n) is 3.46. The van der Waals surface area contributed by atoms with Crippen LogP contribution in [0.4, 0.5) is 0 Å². The van der Waals surface area contributed by atoms with E-state index in [-0.39, 0.29) is 17.9 Å². The molecule has 0 aromatic rings. The van der Waals surface area contributed by atoms with Crippen molar-refractivity contribution in [1.29, 1.82) is 0 Å².